The normalized spacial score (nSPS) is 21.9. The smallest absolute Gasteiger partial charge is 0.134 e. The van der Waals surface area contributed by atoms with Gasteiger partial charge in [-0.15, -0.1) is 0 Å². The molecular formula is C15H24N2O. The minimum absolute atomic E-state index is 0.446. The van der Waals surface area contributed by atoms with Crippen molar-refractivity contribution in [3.8, 4) is 0 Å². The second kappa shape index (κ2) is 6.19. The number of piperidine rings is 1. The zero-order valence-electron chi connectivity index (χ0n) is 11.5. The summed E-state index contributed by atoms with van der Waals surface area (Å²) in [5.41, 5.74) is 0.959. The van der Waals surface area contributed by atoms with Crippen LogP contribution in [0.1, 0.15) is 57.6 Å². The Hall–Kier alpha value is -1.09. The van der Waals surface area contributed by atoms with Crippen LogP contribution >= 0.6 is 0 Å². The number of hydrogen-bond acceptors (Lipinski definition) is 3. The molecule has 100 valence electrons. The van der Waals surface area contributed by atoms with E-state index < -0.39 is 6.10 Å². The molecule has 0 aliphatic carbocycles. The first-order chi connectivity index (χ1) is 8.74. The van der Waals surface area contributed by atoms with Crippen molar-refractivity contribution >= 4 is 5.82 Å². The topological polar surface area (TPSA) is 36.4 Å². The minimum Gasteiger partial charge on any atom is -0.389 e. The van der Waals surface area contributed by atoms with E-state index in [1.54, 1.807) is 0 Å². The third kappa shape index (κ3) is 2.83. The van der Waals surface area contributed by atoms with Crippen molar-refractivity contribution in [2.24, 2.45) is 0 Å². The maximum atomic E-state index is 9.88. The van der Waals surface area contributed by atoms with E-state index in [4.69, 9.17) is 0 Å². The van der Waals surface area contributed by atoms with Crippen molar-refractivity contribution in [1.29, 1.82) is 0 Å². The van der Waals surface area contributed by atoms with Gasteiger partial charge in [0.05, 0.1) is 6.10 Å². The lowest BCUT2D eigenvalue weighted by Crippen LogP contribution is -2.40. The van der Waals surface area contributed by atoms with Crippen LogP contribution < -0.4 is 4.90 Å². The Morgan fingerprint density at radius 2 is 2.33 bits per heavy atom. The van der Waals surface area contributed by atoms with Gasteiger partial charge in [-0.2, -0.15) is 0 Å². The molecular weight excluding hydrogens is 224 g/mol. The fourth-order valence-corrected chi connectivity index (χ4v) is 2.89. The molecule has 1 saturated heterocycles. The molecule has 3 heteroatoms. The molecule has 2 unspecified atom stereocenters. The standard InChI is InChI=1S/C15H24N2O/c1-3-7-13-8-4-5-11-17(13)15-14(12(2)18)9-6-10-16-15/h6,9-10,12-13,18H,3-5,7-8,11H2,1-2H3. The second-order valence-electron chi connectivity index (χ2n) is 5.22. The molecule has 2 rings (SSSR count). The Morgan fingerprint density at radius 3 is 3.06 bits per heavy atom. The van der Waals surface area contributed by atoms with E-state index >= 15 is 0 Å². The molecule has 0 spiro atoms. The van der Waals surface area contributed by atoms with Crippen molar-refractivity contribution in [3.05, 3.63) is 23.9 Å². The lowest BCUT2D eigenvalue weighted by atomic mass is 9.97. The highest BCUT2D eigenvalue weighted by Gasteiger charge is 2.25. The van der Waals surface area contributed by atoms with Crippen LogP contribution in [0.25, 0.3) is 0 Å². The van der Waals surface area contributed by atoms with Gasteiger partial charge in [0.25, 0.3) is 0 Å². The SMILES string of the molecule is CCCC1CCCCN1c1ncccc1C(C)O. The summed E-state index contributed by atoms with van der Waals surface area (Å²) in [6.07, 6.45) is 7.61. The highest BCUT2D eigenvalue weighted by Crippen LogP contribution is 2.30. The van der Waals surface area contributed by atoms with Gasteiger partial charge in [0.15, 0.2) is 0 Å². The van der Waals surface area contributed by atoms with Gasteiger partial charge < -0.3 is 10.0 Å². The third-order valence-electron chi connectivity index (χ3n) is 3.79. The highest BCUT2D eigenvalue weighted by atomic mass is 16.3. The number of pyridine rings is 1. The van der Waals surface area contributed by atoms with E-state index in [0.29, 0.717) is 6.04 Å². The highest BCUT2D eigenvalue weighted by molar-refractivity contribution is 5.49. The molecule has 1 N–H and O–H groups in total. The quantitative estimate of drug-likeness (QED) is 0.888. The molecule has 0 aromatic carbocycles. The summed E-state index contributed by atoms with van der Waals surface area (Å²) < 4.78 is 0. The summed E-state index contributed by atoms with van der Waals surface area (Å²) in [4.78, 5) is 6.93. The molecule has 1 fully saturated rings. The molecule has 18 heavy (non-hydrogen) atoms. The summed E-state index contributed by atoms with van der Waals surface area (Å²) in [5.74, 6) is 0.991. The summed E-state index contributed by atoms with van der Waals surface area (Å²) in [5, 5.41) is 9.88. The number of anilines is 1. The van der Waals surface area contributed by atoms with Crippen LogP contribution in [0.5, 0.6) is 0 Å². The van der Waals surface area contributed by atoms with E-state index in [1.165, 1.54) is 32.1 Å². The Labute approximate surface area is 110 Å². The van der Waals surface area contributed by atoms with Crippen LogP contribution in [0, 0.1) is 0 Å². The Bertz CT molecular complexity index is 377. The van der Waals surface area contributed by atoms with E-state index in [1.807, 2.05) is 25.3 Å². The zero-order valence-corrected chi connectivity index (χ0v) is 11.5. The lowest BCUT2D eigenvalue weighted by Gasteiger charge is -2.38. The number of aliphatic hydroxyl groups excluding tert-OH is 1. The van der Waals surface area contributed by atoms with Crippen molar-refractivity contribution in [2.45, 2.75) is 58.1 Å². The fraction of sp³-hybridized carbons (Fsp3) is 0.667. The average molecular weight is 248 g/mol. The van der Waals surface area contributed by atoms with E-state index in [-0.39, 0.29) is 0 Å². The van der Waals surface area contributed by atoms with Gasteiger partial charge in [0.2, 0.25) is 0 Å². The Morgan fingerprint density at radius 1 is 1.50 bits per heavy atom. The molecule has 2 atom stereocenters. The molecule has 1 aromatic heterocycles. The predicted molar refractivity (Wildman–Crippen MR) is 74.8 cm³/mol. The summed E-state index contributed by atoms with van der Waals surface area (Å²) >= 11 is 0. The monoisotopic (exact) mass is 248 g/mol. The summed E-state index contributed by atoms with van der Waals surface area (Å²) in [7, 11) is 0. The van der Waals surface area contributed by atoms with E-state index in [9.17, 15) is 5.11 Å². The maximum Gasteiger partial charge on any atom is 0.134 e. The lowest BCUT2D eigenvalue weighted by molar-refractivity contribution is 0.199. The van der Waals surface area contributed by atoms with Gasteiger partial charge in [-0.1, -0.05) is 19.4 Å². The first-order valence-electron chi connectivity index (χ1n) is 7.13. The number of nitrogens with zero attached hydrogens (tertiary/aromatic N) is 2. The molecule has 0 saturated carbocycles. The number of hydrogen-bond donors (Lipinski definition) is 1. The largest absolute Gasteiger partial charge is 0.389 e. The van der Waals surface area contributed by atoms with Crippen LogP contribution in [-0.4, -0.2) is 22.7 Å². The van der Waals surface area contributed by atoms with E-state index in [0.717, 1.165) is 17.9 Å². The molecule has 1 aliphatic heterocycles. The zero-order chi connectivity index (χ0) is 13.0. The number of aromatic nitrogens is 1. The molecule has 0 radical (unpaired) electrons. The van der Waals surface area contributed by atoms with Gasteiger partial charge in [-0.3, -0.25) is 0 Å². The maximum absolute atomic E-state index is 9.88. The Kier molecular flexibility index (Phi) is 4.59. The number of aliphatic hydroxyl groups is 1. The van der Waals surface area contributed by atoms with Crippen molar-refractivity contribution in [2.75, 3.05) is 11.4 Å². The minimum atomic E-state index is -0.446. The molecule has 3 nitrogen and oxygen atoms in total. The Balaban J connectivity index is 2.27. The molecule has 1 aromatic rings. The summed E-state index contributed by atoms with van der Waals surface area (Å²) in [6, 6.07) is 4.49. The number of rotatable bonds is 4. The molecule has 0 amide bonds. The first-order valence-corrected chi connectivity index (χ1v) is 7.13. The van der Waals surface area contributed by atoms with E-state index in [2.05, 4.69) is 16.8 Å². The predicted octanol–water partition coefficient (Wildman–Crippen LogP) is 3.29. The summed E-state index contributed by atoms with van der Waals surface area (Å²) in [6.45, 7) is 5.13. The van der Waals surface area contributed by atoms with Crippen molar-refractivity contribution in [1.82, 2.24) is 4.98 Å². The van der Waals surface area contributed by atoms with Gasteiger partial charge in [-0.25, -0.2) is 4.98 Å². The van der Waals surface area contributed by atoms with Crippen LogP contribution in [0.4, 0.5) is 5.82 Å². The van der Waals surface area contributed by atoms with Gasteiger partial charge >= 0.3 is 0 Å². The molecule has 1 aliphatic rings. The van der Waals surface area contributed by atoms with Crippen LogP contribution in [-0.2, 0) is 0 Å². The van der Waals surface area contributed by atoms with Crippen molar-refractivity contribution < 1.29 is 5.11 Å². The van der Waals surface area contributed by atoms with Gasteiger partial charge in [0, 0.05) is 24.3 Å². The van der Waals surface area contributed by atoms with Crippen LogP contribution in [0.15, 0.2) is 18.3 Å². The first kappa shape index (κ1) is 13.3. The second-order valence-corrected chi connectivity index (χ2v) is 5.22. The van der Waals surface area contributed by atoms with Gasteiger partial charge in [-0.05, 0) is 38.7 Å². The molecule has 2 heterocycles. The third-order valence-corrected chi connectivity index (χ3v) is 3.79. The average Bonchev–Trinajstić information content (AvgIpc) is 2.40. The van der Waals surface area contributed by atoms with Crippen LogP contribution in [0.2, 0.25) is 0 Å². The van der Waals surface area contributed by atoms with Gasteiger partial charge in [0.1, 0.15) is 5.82 Å². The van der Waals surface area contributed by atoms with Crippen LogP contribution in [0.3, 0.4) is 0 Å². The fourth-order valence-electron chi connectivity index (χ4n) is 2.89. The molecule has 0 bridgehead atoms. The van der Waals surface area contributed by atoms with Crippen molar-refractivity contribution in [3.63, 3.8) is 0 Å².